The summed E-state index contributed by atoms with van der Waals surface area (Å²) in [6.07, 6.45) is 62.4. The number of phosphoric acid groups is 2. The number of esters is 4. The Balaban J connectivity index is 5.27. The third-order valence-corrected chi connectivity index (χ3v) is 21.3. The quantitative estimate of drug-likeness (QED) is 0.0222. The van der Waals surface area contributed by atoms with Gasteiger partial charge in [0.15, 0.2) is 12.2 Å². The summed E-state index contributed by atoms with van der Waals surface area (Å²) < 4.78 is 68.8. The second kappa shape index (κ2) is 73.2. The van der Waals surface area contributed by atoms with Crippen molar-refractivity contribution in [3.05, 3.63) is 0 Å². The molecule has 0 bridgehead atoms. The first-order chi connectivity index (χ1) is 49.2. The van der Waals surface area contributed by atoms with Gasteiger partial charge in [-0.1, -0.05) is 382 Å². The number of rotatable bonds is 81. The SMILES string of the molecule is CCCCCCCCCCCCCCCCCCCCC(=O)O[C@H](COC(=O)CCCCCCCCCCCCCCCC(C)C)COP(=O)(O)OC[C@@H](O)COP(=O)(O)OC[C@@H](COC(=O)CCCCCCCCCCCC(C)C)OC(=O)CCCCCCCCCCCCCCCC(C)C. The molecule has 0 aromatic carbocycles. The highest BCUT2D eigenvalue weighted by Gasteiger charge is 2.30. The molecule has 0 saturated heterocycles. The van der Waals surface area contributed by atoms with Crippen LogP contribution in [0, 0.1) is 17.8 Å². The molecule has 0 aliphatic carbocycles. The van der Waals surface area contributed by atoms with Crippen molar-refractivity contribution in [2.24, 2.45) is 17.8 Å². The van der Waals surface area contributed by atoms with E-state index in [9.17, 15) is 43.2 Å². The van der Waals surface area contributed by atoms with Gasteiger partial charge in [-0.25, -0.2) is 9.13 Å². The van der Waals surface area contributed by atoms with Gasteiger partial charge in [0, 0.05) is 25.7 Å². The molecule has 0 heterocycles. The van der Waals surface area contributed by atoms with Crippen LogP contribution in [0.3, 0.4) is 0 Å². The monoisotopic (exact) mass is 1490 g/mol. The molecule has 0 aromatic heterocycles. The van der Waals surface area contributed by atoms with Gasteiger partial charge in [-0.05, 0) is 43.4 Å². The van der Waals surface area contributed by atoms with Crippen LogP contribution in [-0.4, -0.2) is 96.7 Å². The molecular weight excluding hydrogens is 1330 g/mol. The fraction of sp³-hybridized carbons (Fsp3) is 0.952. The smallest absolute Gasteiger partial charge is 0.462 e. The van der Waals surface area contributed by atoms with Crippen molar-refractivity contribution in [1.29, 1.82) is 0 Å². The molecule has 17 nitrogen and oxygen atoms in total. The molecule has 0 rings (SSSR count). The molecular formula is C83H162O17P2. The van der Waals surface area contributed by atoms with Crippen molar-refractivity contribution in [1.82, 2.24) is 0 Å². The highest BCUT2D eigenvalue weighted by molar-refractivity contribution is 7.47. The number of ether oxygens (including phenoxy) is 4. The Morgan fingerprint density at radius 2 is 0.451 bits per heavy atom. The molecule has 2 unspecified atom stereocenters. The van der Waals surface area contributed by atoms with Gasteiger partial charge in [-0.2, -0.15) is 0 Å². The van der Waals surface area contributed by atoms with E-state index in [0.29, 0.717) is 25.7 Å². The second-order valence-corrected chi connectivity index (χ2v) is 34.2. The number of hydrogen-bond donors (Lipinski definition) is 3. The van der Waals surface area contributed by atoms with E-state index < -0.39 is 97.5 Å². The van der Waals surface area contributed by atoms with Gasteiger partial charge in [0.1, 0.15) is 19.3 Å². The summed E-state index contributed by atoms with van der Waals surface area (Å²) >= 11 is 0. The van der Waals surface area contributed by atoms with E-state index in [-0.39, 0.29) is 25.7 Å². The first kappa shape index (κ1) is 100. The molecule has 0 fully saturated rings. The van der Waals surface area contributed by atoms with Crippen LogP contribution in [-0.2, 0) is 65.4 Å². The molecule has 0 aliphatic heterocycles. The number of aliphatic hydroxyl groups is 1. The molecule has 0 amide bonds. The molecule has 0 aromatic rings. The van der Waals surface area contributed by atoms with Crippen molar-refractivity contribution in [3.63, 3.8) is 0 Å². The van der Waals surface area contributed by atoms with E-state index >= 15 is 0 Å². The van der Waals surface area contributed by atoms with Gasteiger partial charge in [0.2, 0.25) is 0 Å². The van der Waals surface area contributed by atoms with Crippen LogP contribution in [0.15, 0.2) is 0 Å². The number of carbonyl (C=O) groups excluding carboxylic acids is 4. The molecule has 0 spiro atoms. The van der Waals surface area contributed by atoms with E-state index in [0.717, 1.165) is 108 Å². The van der Waals surface area contributed by atoms with Crippen molar-refractivity contribution < 1.29 is 80.2 Å². The predicted octanol–water partition coefficient (Wildman–Crippen LogP) is 24.9. The molecule has 0 radical (unpaired) electrons. The van der Waals surface area contributed by atoms with Crippen molar-refractivity contribution >= 4 is 39.5 Å². The van der Waals surface area contributed by atoms with Crippen LogP contribution in [0.2, 0.25) is 0 Å². The maximum atomic E-state index is 13.1. The van der Waals surface area contributed by atoms with Gasteiger partial charge in [0.05, 0.1) is 26.4 Å². The minimum atomic E-state index is -4.96. The minimum absolute atomic E-state index is 0.107. The first-order valence-electron chi connectivity index (χ1n) is 42.8. The van der Waals surface area contributed by atoms with Gasteiger partial charge in [-0.15, -0.1) is 0 Å². The topological polar surface area (TPSA) is 237 Å². The van der Waals surface area contributed by atoms with E-state index in [1.165, 1.54) is 244 Å². The molecule has 5 atom stereocenters. The van der Waals surface area contributed by atoms with Crippen molar-refractivity contribution in [3.8, 4) is 0 Å². The number of unbranched alkanes of at least 4 members (excludes halogenated alkanes) is 49. The van der Waals surface area contributed by atoms with Gasteiger partial charge in [0.25, 0.3) is 0 Å². The van der Waals surface area contributed by atoms with Gasteiger partial charge >= 0.3 is 39.5 Å². The lowest BCUT2D eigenvalue weighted by molar-refractivity contribution is -0.161. The largest absolute Gasteiger partial charge is 0.472 e. The highest BCUT2D eigenvalue weighted by atomic mass is 31.2. The average Bonchev–Trinajstić information content (AvgIpc) is 0.935. The summed E-state index contributed by atoms with van der Waals surface area (Å²) in [4.78, 5) is 73.2. The summed E-state index contributed by atoms with van der Waals surface area (Å²) in [5.74, 6) is 0.214. The zero-order chi connectivity index (χ0) is 75.1. The van der Waals surface area contributed by atoms with Crippen LogP contribution in [0.25, 0.3) is 0 Å². The van der Waals surface area contributed by atoms with Gasteiger partial charge in [-0.3, -0.25) is 37.3 Å². The standard InChI is InChI=1S/C83H162O17P2/c1-8-9-10-11-12-13-14-15-16-17-18-19-24-30-37-45-52-59-66-82(87)99-78(70-93-80(85)64-57-50-43-36-29-25-20-22-27-33-40-47-54-61-74(2)3)72-97-101(89,90)95-68-77(84)69-96-102(91,92)98-73-79(71-94-81(86)65-58-51-44-39-32-35-42-49-56-63-76(6)7)100-83(88)67-60-53-46-38-31-26-21-23-28-34-41-48-55-62-75(4)5/h74-79,84H,8-73H2,1-7H3,(H,89,90)(H,91,92)/t77-,78-,79-/m1/s1. The molecule has 102 heavy (non-hydrogen) atoms. The summed E-state index contributed by atoms with van der Waals surface area (Å²) in [5, 5.41) is 10.7. The van der Waals surface area contributed by atoms with Crippen molar-refractivity contribution in [2.75, 3.05) is 39.6 Å². The minimum Gasteiger partial charge on any atom is -0.462 e. The lowest BCUT2D eigenvalue weighted by Crippen LogP contribution is -2.30. The third-order valence-electron chi connectivity index (χ3n) is 19.4. The van der Waals surface area contributed by atoms with E-state index in [1.54, 1.807) is 0 Å². The first-order valence-corrected chi connectivity index (χ1v) is 45.8. The zero-order valence-corrected chi connectivity index (χ0v) is 68.9. The second-order valence-electron chi connectivity index (χ2n) is 31.3. The Kier molecular flexibility index (Phi) is 71.8. The van der Waals surface area contributed by atoms with Crippen molar-refractivity contribution in [2.45, 2.75) is 452 Å². The molecule has 606 valence electrons. The van der Waals surface area contributed by atoms with Gasteiger partial charge < -0.3 is 33.8 Å². The highest BCUT2D eigenvalue weighted by Crippen LogP contribution is 2.45. The maximum Gasteiger partial charge on any atom is 0.472 e. The summed E-state index contributed by atoms with van der Waals surface area (Å²) in [6.45, 7) is 12.0. The predicted molar refractivity (Wildman–Crippen MR) is 418 cm³/mol. The normalized spacial score (nSPS) is 13.9. The Hall–Kier alpha value is -1.94. The van der Waals surface area contributed by atoms with E-state index in [4.69, 9.17) is 37.0 Å². The van der Waals surface area contributed by atoms with E-state index in [1.807, 2.05) is 0 Å². The third kappa shape index (κ3) is 76.3. The van der Waals surface area contributed by atoms with Crippen LogP contribution in [0.5, 0.6) is 0 Å². The fourth-order valence-corrected chi connectivity index (χ4v) is 14.4. The fourth-order valence-electron chi connectivity index (χ4n) is 12.8. The zero-order valence-electron chi connectivity index (χ0n) is 67.1. The van der Waals surface area contributed by atoms with E-state index in [2.05, 4.69) is 48.5 Å². The summed E-state index contributed by atoms with van der Waals surface area (Å²) in [6, 6.07) is 0. The Bertz CT molecular complexity index is 1970. The lowest BCUT2D eigenvalue weighted by atomic mass is 10.0. The number of carbonyl (C=O) groups is 4. The molecule has 0 aliphatic rings. The summed E-state index contributed by atoms with van der Waals surface area (Å²) in [7, 11) is -9.93. The average molecular weight is 1490 g/mol. The number of phosphoric ester groups is 2. The van der Waals surface area contributed by atoms with Crippen LogP contribution < -0.4 is 0 Å². The maximum absolute atomic E-state index is 13.1. The summed E-state index contributed by atoms with van der Waals surface area (Å²) in [5.41, 5.74) is 0. The Morgan fingerprint density at radius 1 is 0.265 bits per heavy atom. The van der Waals surface area contributed by atoms with Crippen LogP contribution >= 0.6 is 15.6 Å². The molecule has 3 N–H and O–H groups in total. The molecule has 0 saturated carbocycles. The Labute approximate surface area is 626 Å². The number of hydrogen-bond acceptors (Lipinski definition) is 15. The van der Waals surface area contributed by atoms with Crippen LogP contribution in [0.1, 0.15) is 434 Å². The Morgan fingerprint density at radius 3 is 0.667 bits per heavy atom. The lowest BCUT2D eigenvalue weighted by Gasteiger charge is -2.21. The van der Waals surface area contributed by atoms with Crippen LogP contribution in [0.4, 0.5) is 0 Å². The molecule has 19 heteroatoms. The number of aliphatic hydroxyl groups excluding tert-OH is 1.